The lowest BCUT2D eigenvalue weighted by Gasteiger charge is -2.40. The summed E-state index contributed by atoms with van der Waals surface area (Å²) in [7, 11) is 1.58. The molecule has 1 aliphatic rings. The van der Waals surface area contributed by atoms with E-state index in [0.29, 0.717) is 23.3 Å². The van der Waals surface area contributed by atoms with Crippen molar-refractivity contribution in [3.8, 4) is 11.5 Å². The molecule has 1 aromatic heterocycles. The van der Waals surface area contributed by atoms with Crippen LogP contribution < -0.4 is 4.74 Å². The average molecular weight is 451 g/mol. The molecule has 1 saturated heterocycles. The van der Waals surface area contributed by atoms with Crippen LogP contribution in [-0.4, -0.2) is 63.7 Å². The molecule has 1 aliphatic heterocycles. The van der Waals surface area contributed by atoms with Crippen molar-refractivity contribution >= 4 is 22.6 Å². The molecule has 5 N–H and O–H groups in total. The van der Waals surface area contributed by atoms with E-state index in [9.17, 15) is 25.5 Å². The van der Waals surface area contributed by atoms with E-state index in [4.69, 9.17) is 25.5 Å². The molecule has 0 bridgehead atoms. The number of hydrogen-bond donors (Lipinski definition) is 5. The van der Waals surface area contributed by atoms with Crippen molar-refractivity contribution in [2.75, 3.05) is 13.7 Å². The Bertz CT molecular complexity index is 1060. The number of ether oxygens (including phenoxy) is 2. The Labute approximate surface area is 182 Å². The minimum atomic E-state index is -1.55. The number of hydrogen-bond acceptors (Lipinski definition) is 8. The van der Waals surface area contributed by atoms with E-state index in [2.05, 4.69) is 0 Å². The number of aliphatic hydroxyl groups excluding tert-OH is 4. The summed E-state index contributed by atoms with van der Waals surface area (Å²) in [6.07, 6.45) is -5.21. The molecular formula is C22H23ClO8. The first kappa shape index (κ1) is 21.9. The fraction of sp³-hybridized carbons (Fsp3) is 0.364. The van der Waals surface area contributed by atoms with Gasteiger partial charge in [0, 0.05) is 5.56 Å². The van der Waals surface area contributed by atoms with Gasteiger partial charge in [-0.2, -0.15) is 0 Å². The second kappa shape index (κ2) is 8.66. The third kappa shape index (κ3) is 3.87. The Morgan fingerprint density at radius 3 is 2.42 bits per heavy atom. The summed E-state index contributed by atoms with van der Waals surface area (Å²) >= 11 is 6.57. The van der Waals surface area contributed by atoms with E-state index in [-0.39, 0.29) is 21.7 Å². The van der Waals surface area contributed by atoms with Gasteiger partial charge in [-0.1, -0.05) is 23.7 Å². The van der Waals surface area contributed by atoms with E-state index in [1.807, 2.05) is 24.3 Å². The molecular weight excluding hydrogens is 428 g/mol. The predicted octanol–water partition coefficient (Wildman–Crippen LogP) is 1.91. The van der Waals surface area contributed by atoms with Gasteiger partial charge in [-0.05, 0) is 35.7 Å². The first-order chi connectivity index (χ1) is 14.8. The molecule has 0 saturated carbocycles. The lowest BCUT2D eigenvalue weighted by atomic mass is 9.89. The molecule has 4 rings (SSSR count). The van der Waals surface area contributed by atoms with Gasteiger partial charge in [0.15, 0.2) is 5.75 Å². The Morgan fingerprint density at radius 2 is 1.77 bits per heavy atom. The van der Waals surface area contributed by atoms with E-state index >= 15 is 0 Å². The minimum absolute atomic E-state index is 0.178. The Hall–Kier alpha value is -2.33. The van der Waals surface area contributed by atoms with Crippen molar-refractivity contribution in [3.63, 3.8) is 0 Å². The SMILES string of the molecule is COc1ccc(Cc2cc([C@@H]3O[C@H](CO)[C@@H](O)[C@H](O)[C@H]3O)c3occ(O)c3c2Cl)cc1. The summed E-state index contributed by atoms with van der Waals surface area (Å²) < 4.78 is 16.4. The van der Waals surface area contributed by atoms with Crippen molar-refractivity contribution in [2.45, 2.75) is 36.9 Å². The molecule has 0 spiro atoms. The molecule has 9 heteroatoms. The molecule has 31 heavy (non-hydrogen) atoms. The van der Waals surface area contributed by atoms with E-state index in [0.717, 1.165) is 11.8 Å². The van der Waals surface area contributed by atoms with Crippen LogP contribution in [0, 0.1) is 0 Å². The lowest BCUT2D eigenvalue weighted by Crippen LogP contribution is -2.55. The lowest BCUT2D eigenvalue weighted by molar-refractivity contribution is -0.231. The highest BCUT2D eigenvalue weighted by atomic mass is 35.5. The quantitative estimate of drug-likeness (QED) is 0.398. The van der Waals surface area contributed by atoms with Gasteiger partial charge in [0.2, 0.25) is 0 Å². The topological polar surface area (TPSA) is 133 Å². The standard InChI is InChI=1S/C22H23ClO8/c1-29-12-4-2-10(3-5-12)6-11-7-13(21-16(17(11)23)14(25)9-30-21)22-20(28)19(27)18(26)15(8-24)31-22/h2-5,7,9,15,18-20,22,24-28H,6,8H2,1H3/t15-,18-,19+,20-,22+/m1/s1. The number of rotatable bonds is 5. The summed E-state index contributed by atoms with van der Waals surface area (Å²) in [6, 6.07) is 9.06. The van der Waals surface area contributed by atoms with Gasteiger partial charge in [-0.25, -0.2) is 0 Å². The monoisotopic (exact) mass is 450 g/mol. The molecule has 3 aromatic rings. The highest BCUT2D eigenvalue weighted by molar-refractivity contribution is 6.36. The van der Waals surface area contributed by atoms with Crippen LogP contribution in [0.4, 0.5) is 0 Å². The van der Waals surface area contributed by atoms with Crippen molar-refractivity contribution in [2.24, 2.45) is 0 Å². The zero-order chi connectivity index (χ0) is 22.3. The van der Waals surface area contributed by atoms with E-state index in [1.54, 1.807) is 13.2 Å². The van der Waals surface area contributed by atoms with Gasteiger partial charge in [0.05, 0.1) is 24.1 Å². The molecule has 8 nitrogen and oxygen atoms in total. The molecule has 2 heterocycles. The number of furan rings is 1. The highest BCUT2D eigenvalue weighted by Crippen LogP contribution is 2.43. The largest absolute Gasteiger partial charge is 0.504 e. The summed E-state index contributed by atoms with van der Waals surface area (Å²) in [4.78, 5) is 0. The van der Waals surface area contributed by atoms with Crippen molar-refractivity contribution in [1.82, 2.24) is 0 Å². The van der Waals surface area contributed by atoms with Crippen LogP contribution in [0.1, 0.15) is 22.8 Å². The van der Waals surface area contributed by atoms with Crippen molar-refractivity contribution < 1.29 is 39.4 Å². The molecule has 0 amide bonds. The molecule has 0 aliphatic carbocycles. The molecule has 166 valence electrons. The fourth-order valence-corrected chi connectivity index (χ4v) is 4.22. The third-order valence-electron chi connectivity index (χ3n) is 5.62. The van der Waals surface area contributed by atoms with Crippen LogP contribution in [-0.2, 0) is 11.2 Å². The van der Waals surface area contributed by atoms with Gasteiger partial charge < -0.3 is 39.4 Å². The van der Waals surface area contributed by atoms with Gasteiger partial charge in [0.1, 0.15) is 48.1 Å². The van der Waals surface area contributed by atoms with Crippen LogP contribution in [0.3, 0.4) is 0 Å². The van der Waals surface area contributed by atoms with Crippen LogP contribution in [0.15, 0.2) is 41.0 Å². The third-order valence-corrected chi connectivity index (χ3v) is 6.05. The maximum Gasteiger partial charge on any atom is 0.163 e. The summed E-state index contributed by atoms with van der Waals surface area (Å²) in [5.41, 5.74) is 2.07. The van der Waals surface area contributed by atoms with Crippen LogP contribution in [0.5, 0.6) is 11.5 Å². The molecule has 0 radical (unpaired) electrons. The molecule has 0 unspecified atom stereocenters. The number of aliphatic hydroxyl groups is 4. The number of aromatic hydroxyl groups is 1. The number of benzene rings is 2. The zero-order valence-electron chi connectivity index (χ0n) is 16.6. The maximum absolute atomic E-state index is 10.6. The van der Waals surface area contributed by atoms with Gasteiger partial charge >= 0.3 is 0 Å². The fourth-order valence-electron chi connectivity index (χ4n) is 3.91. The Morgan fingerprint density at radius 1 is 1.06 bits per heavy atom. The molecule has 5 atom stereocenters. The van der Waals surface area contributed by atoms with Crippen LogP contribution in [0.25, 0.3) is 11.0 Å². The van der Waals surface area contributed by atoms with Crippen molar-refractivity contribution in [3.05, 3.63) is 58.3 Å². The van der Waals surface area contributed by atoms with Crippen LogP contribution >= 0.6 is 11.6 Å². The average Bonchev–Trinajstić information content (AvgIpc) is 3.17. The number of halogens is 1. The summed E-state index contributed by atoms with van der Waals surface area (Å²) in [6.45, 7) is -0.555. The van der Waals surface area contributed by atoms with Gasteiger partial charge in [0.25, 0.3) is 0 Å². The first-order valence-corrected chi connectivity index (χ1v) is 10.1. The highest BCUT2D eigenvalue weighted by Gasteiger charge is 2.45. The van der Waals surface area contributed by atoms with Crippen molar-refractivity contribution in [1.29, 1.82) is 0 Å². The normalized spacial score (nSPS) is 26.3. The van der Waals surface area contributed by atoms with E-state index < -0.39 is 37.1 Å². The summed E-state index contributed by atoms with van der Waals surface area (Å²) in [5, 5.41) is 51.2. The number of methoxy groups -OCH3 is 1. The zero-order valence-corrected chi connectivity index (χ0v) is 17.4. The predicted molar refractivity (Wildman–Crippen MR) is 111 cm³/mol. The Kier molecular flexibility index (Phi) is 6.11. The van der Waals surface area contributed by atoms with Gasteiger partial charge in [-0.15, -0.1) is 0 Å². The molecule has 1 fully saturated rings. The smallest absolute Gasteiger partial charge is 0.163 e. The maximum atomic E-state index is 10.6. The number of fused-ring (bicyclic) bond motifs is 1. The van der Waals surface area contributed by atoms with Crippen LogP contribution in [0.2, 0.25) is 5.02 Å². The minimum Gasteiger partial charge on any atom is -0.504 e. The van der Waals surface area contributed by atoms with Gasteiger partial charge in [-0.3, -0.25) is 0 Å². The Balaban J connectivity index is 1.80. The molecule has 2 aromatic carbocycles. The first-order valence-electron chi connectivity index (χ1n) is 9.70. The van der Waals surface area contributed by atoms with E-state index in [1.165, 1.54) is 0 Å². The summed E-state index contributed by atoms with van der Waals surface area (Å²) in [5.74, 6) is 0.530. The second-order valence-electron chi connectivity index (χ2n) is 7.54. The second-order valence-corrected chi connectivity index (χ2v) is 7.92.